The van der Waals surface area contributed by atoms with Gasteiger partial charge in [0, 0.05) is 0 Å². The average Bonchev–Trinajstić information content (AvgIpc) is 3.35. The lowest BCUT2D eigenvalue weighted by Crippen LogP contribution is -2.38. The van der Waals surface area contributed by atoms with Gasteiger partial charge < -0.3 is 18.9 Å². The van der Waals surface area contributed by atoms with Crippen LogP contribution in [-0.2, 0) is 9.47 Å². The van der Waals surface area contributed by atoms with E-state index in [1.807, 2.05) is 0 Å². The monoisotopic (exact) mass is 354 g/mol. The van der Waals surface area contributed by atoms with Crippen LogP contribution in [0.15, 0.2) is 24.3 Å². The van der Waals surface area contributed by atoms with E-state index in [4.69, 9.17) is 18.9 Å². The van der Waals surface area contributed by atoms with Crippen molar-refractivity contribution in [1.82, 2.24) is 0 Å². The molecule has 1 unspecified atom stereocenters. The van der Waals surface area contributed by atoms with Crippen molar-refractivity contribution in [3.05, 3.63) is 46.5 Å². The maximum absolute atomic E-state index is 6.07. The molecule has 2 aliphatic heterocycles. The van der Waals surface area contributed by atoms with Crippen LogP contribution in [0.4, 0.5) is 0 Å². The molecule has 0 aromatic heterocycles. The summed E-state index contributed by atoms with van der Waals surface area (Å²) in [7, 11) is 0. The molecule has 2 fully saturated rings. The van der Waals surface area contributed by atoms with Gasteiger partial charge in [-0.1, -0.05) is 0 Å². The van der Waals surface area contributed by atoms with Crippen molar-refractivity contribution in [3.63, 3.8) is 0 Å². The third-order valence-electron chi connectivity index (χ3n) is 4.96. The Morgan fingerprint density at radius 2 is 1.31 bits per heavy atom. The lowest BCUT2D eigenvalue weighted by Gasteiger charge is -2.28. The molecule has 2 heterocycles. The van der Waals surface area contributed by atoms with Gasteiger partial charge in [0.05, 0.1) is 19.8 Å². The van der Waals surface area contributed by atoms with Crippen LogP contribution in [-0.4, -0.2) is 38.6 Å². The number of benzene rings is 2. The molecule has 0 saturated carbocycles. The molecule has 0 bridgehead atoms. The van der Waals surface area contributed by atoms with Crippen LogP contribution >= 0.6 is 0 Å². The summed E-state index contributed by atoms with van der Waals surface area (Å²) in [6, 6.07) is 8.80. The van der Waals surface area contributed by atoms with E-state index in [2.05, 4.69) is 52.0 Å². The van der Waals surface area contributed by atoms with Crippen LogP contribution < -0.4 is 9.47 Å². The molecular weight excluding hydrogens is 328 g/mol. The fourth-order valence-electron chi connectivity index (χ4n) is 3.44. The molecule has 138 valence electrons. The average molecular weight is 354 g/mol. The summed E-state index contributed by atoms with van der Waals surface area (Å²) in [6.45, 7) is 11.3. The second kappa shape index (κ2) is 6.93. The van der Waals surface area contributed by atoms with E-state index < -0.39 is 0 Å². The van der Waals surface area contributed by atoms with E-state index in [1.54, 1.807) is 0 Å². The first kappa shape index (κ1) is 17.4. The predicted molar refractivity (Wildman–Crippen MR) is 101 cm³/mol. The largest absolute Gasteiger partial charge is 0.490 e. The van der Waals surface area contributed by atoms with Crippen molar-refractivity contribution in [3.8, 4) is 22.6 Å². The Labute approximate surface area is 155 Å². The highest BCUT2D eigenvalue weighted by Crippen LogP contribution is 2.35. The summed E-state index contributed by atoms with van der Waals surface area (Å²) in [4.78, 5) is 0. The zero-order valence-electron chi connectivity index (χ0n) is 15.9. The van der Waals surface area contributed by atoms with Crippen molar-refractivity contribution in [1.29, 1.82) is 0 Å². The predicted octanol–water partition coefficient (Wildman–Crippen LogP) is 4.14. The number of epoxide rings is 1. The summed E-state index contributed by atoms with van der Waals surface area (Å²) >= 11 is 0. The molecule has 0 spiro atoms. The number of aryl methyl sites for hydroxylation is 4. The number of rotatable bonds is 6. The topological polar surface area (TPSA) is 40.2 Å². The summed E-state index contributed by atoms with van der Waals surface area (Å²) in [5, 5.41) is 0. The Balaban J connectivity index is 1.59. The van der Waals surface area contributed by atoms with Gasteiger partial charge >= 0.3 is 0 Å². The van der Waals surface area contributed by atoms with Crippen molar-refractivity contribution in [2.45, 2.75) is 39.9 Å². The first-order valence-electron chi connectivity index (χ1n) is 9.23. The van der Waals surface area contributed by atoms with Gasteiger partial charge in [-0.15, -0.1) is 0 Å². The quantitative estimate of drug-likeness (QED) is 0.731. The molecule has 2 aromatic rings. The molecular formula is C22H26O4. The summed E-state index contributed by atoms with van der Waals surface area (Å²) < 4.78 is 22.5. The Morgan fingerprint density at radius 3 is 1.73 bits per heavy atom. The van der Waals surface area contributed by atoms with Crippen LogP contribution in [0, 0.1) is 27.7 Å². The van der Waals surface area contributed by atoms with Gasteiger partial charge in [0.15, 0.2) is 0 Å². The lowest BCUT2D eigenvalue weighted by atomic mass is 9.96. The van der Waals surface area contributed by atoms with E-state index in [-0.39, 0.29) is 12.2 Å². The fraction of sp³-hybridized carbons (Fsp3) is 0.455. The Kier molecular flexibility index (Phi) is 4.63. The molecule has 1 atom stereocenters. The van der Waals surface area contributed by atoms with E-state index in [9.17, 15) is 0 Å². The van der Waals surface area contributed by atoms with Gasteiger partial charge in [-0.2, -0.15) is 0 Å². The van der Waals surface area contributed by atoms with Crippen molar-refractivity contribution < 1.29 is 18.9 Å². The number of ether oxygens (including phenoxy) is 4. The minimum absolute atomic E-state index is 0.189. The summed E-state index contributed by atoms with van der Waals surface area (Å²) in [6.07, 6.45) is 0.460. The first-order chi connectivity index (χ1) is 12.5. The summed E-state index contributed by atoms with van der Waals surface area (Å²) in [5.41, 5.74) is 7.05. The molecule has 4 nitrogen and oxygen atoms in total. The second-order valence-corrected chi connectivity index (χ2v) is 7.42. The maximum Gasteiger partial charge on any atom is 0.145 e. The van der Waals surface area contributed by atoms with E-state index in [1.165, 1.54) is 11.1 Å². The lowest BCUT2D eigenvalue weighted by molar-refractivity contribution is -0.0801. The van der Waals surface area contributed by atoms with Gasteiger partial charge in [-0.25, -0.2) is 0 Å². The number of hydrogen-bond donors (Lipinski definition) is 0. The third-order valence-corrected chi connectivity index (χ3v) is 4.96. The van der Waals surface area contributed by atoms with E-state index in [0.717, 1.165) is 40.4 Å². The smallest absolute Gasteiger partial charge is 0.145 e. The molecule has 0 amide bonds. The minimum Gasteiger partial charge on any atom is -0.490 e. The van der Waals surface area contributed by atoms with Crippen LogP contribution in [0.3, 0.4) is 0 Å². The molecule has 2 aliphatic rings. The highest BCUT2D eigenvalue weighted by molar-refractivity contribution is 5.70. The van der Waals surface area contributed by atoms with E-state index in [0.29, 0.717) is 19.8 Å². The molecule has 0 aliphatic carbocycles. The Bertz CT molecular complexity index is 773. The number of hydrogen-bond acceptors (Lipinski definition) is 4. The van der Waals surface area contributed by atoms with Crippen LogP contribution in [0.2, 0.25) is 0 Å². The molecule has 2 aromatic carbocycles. The van der Waals surface area contributed by atoms with Crippen molar-refractivity contribution >= 4 is 0 Å². The zero-order valence-corrected chi connectivity index (χ0v) is 15.9. The van der Waals surface area contributed by atoms with Crippen LogP contribution in [0.25, 0.3) is 11.1 Å². The second-order valence-electron chi connectivity index (χ2n) is 7.42. The highest BCUT2D eigenvalue weighted by atomic mass is 16.6. The highest BCUT2D eigenvalue weighted by Gasteiger charge is 2.24. The molecule has 0 N–H and O–H groups in total. The standard InChI is InChI=1S/C22H26O4/c1-13-5-17(6-14(2)21(13)25-12-19-11-24-19)18-7-15(3)22(16(4)8-18)26-20-9-23-10-20/h5-8,19-20H,9-12H2,1-4H3. The molecule has 2 saturated heterocycles. The van der Waals surface area contributed by atoms with Crippen molar-refractivity contribution in [2.75, 3.05) is 26.4 Å². The Morgan fingerprint density at radius 1 is 0.808 bits per heavy atom. The van der Waals surface area contributed by atoms with Crippen LogP contribution in [0.1, 0.15) is 22.3 Å². The van der Waals surface area contributed by atoms with Crippen LogP contribution in [0.5, 0.6) is 11.5 Å². The summed E-state index contributed by atoms with van der Waals surface area (Å²) in [5.74, 6) is 1.96. The zero-order chi connectivity index (χ0) is 18.3. The maximum atomic E-state index is 6.07. The van der Waals surface area contributed by atoms with Gasteiger partial charge in [-0.05, 0) is 85.3 Å². The minimum atomic E-state index is 0.189. The van der Waals surface area contributed by atoms with Gasteiger partial charge in [0.25, 0.3) is 0 Å². The molecule has 4 heteroatoms. The van der Waals surface area contributed by atoms with Gasteiger partial charge in [0.2, 0.25) is 0 Å². The SMILES string of the molecule is Cc1cc(-c2cc(C)c(OC3COC3)c(C)c2)cc(C)c1OCC1CO1. The molecule has 4 rings (SSSR count). The van der Waals surface area contributed by atoms with Gasteiger partial charge in [-0.3, -0.25) is 0 Å². The molecule has 0 radical (unpaired) electrons. The van der Waals surface area contributed by atoms with Gasteiger partial charge in [0.1, 0.15) is 30.3 Å². The van der Waals surface area contributed by atoms with Crippen molar-refractivity contribution in [2.24, 2.45) is 0 Å². The normalized spacial score (nSPS) is 19.2. The molecule has 26 heavy (non-hydrogen) atoms. The first-order valence-corrected chi connectivity index (χ1v) is 9.23. The van der Waals surface area contributed by atoms with E-state index >= 15 is 0 Å². The third kappa shape index (κ3) is 3.57. The Hall–Kier alpha value is -2.04. The fourth-order valence-corrected chi connectivity index (χ4v) is 3.44.